The van der Waals surface area contributed by atoms with Crippen molar-refractivity contribution in [3.8, 4) is 0 Å². The van der Waals surface area contributed by atoms with Gasteiger partial charge in [-0.3, -0.25) is 4.79 Å². The maximum Gasteiger partial charge on any atom is 0.239 e. The normalized spacial score (nSPS) is 18.9. The van der Waals surface area contributed by atoms with Gasteiger partial charge in [0.15, 0.2) is 0 Å². The summed E-state index contributed by atoms with van der Waals surface area (Å²) in [6, 6.07) is 8.54. The Kier molecular flexibility index (Phi) is 4.37. The summed E-state index contributed by atoms with van der Waals surface area (Å²) >= 11 is 0. The summed E-state index contributed by atoms with van der Waals surface area (Å²) in [5.74, 6) is 0.215. The Balaban J connectivity index is 1.92. The third-order valence-corrected chi connectivity index (χ3v) is 3.59. The molecule has 98 valence electrons. The fourth-order valence-electron chi connectivity index (χ4n) is 2.39. The predicted octanol–water partition coefficient (Wildman–Crippen LogP) is 1.96. The van der Waals surface area contributed by atoms with Gasteiger partial charge in [-0.05, 0) is 36.9 Å². The number of carbonyl (C=O) groups is 1. The smallest absolute Gasteiger partial charge is 0.239 e. The maximum atomic E-state index is 12.1. The number of amides is 1. The molecule has 0 bridgehead atoms. The van der Waals surface area contributed by atoms with E-state index >= 15 is 0 Å². The van der Waals surface area contributed by atoms with Gasteiger partial charge < -0.3 is 10.2 Å². The molecule has 0 spiro atoms. The van der Waals surface area contributed by atoms with Crippen LogP contribution < -0.4 is 5.32 Å². The van der Waals surface area contributed by atoms with Gasteiger partial charge in [-0.1, -0.05) is 31.2 Å². The van der Waals surface area contributed by atoms with Gasteiger partial charge in [0, 0.05) is 13.6 Å². The number of likely N-dealkylation sites (N-methyl/N-ethyl adjacent to an activating group) is 1. The van der Waals surface area contributed by atoms with Crippen molar-refractivity contribution in [2.24, 2.45) is 0 Å². The zero-order valence-corrected chi connectivity index (χ0v) is 11.3. The lowest BCUT2D eigenvalue weighted by molar-refractivity contribution is -0.132. The lowest BCUT2D eigenvalue weighted by Crippen LogP contribution is -2.41. The predicted molar refractivity (Wildman–Crippen MR) is 73.3 cm³/mol. The number of aryl methyl sites for hydroxylation is 1. The van der Waals surface area contributed by atoms with Gasteiger partial charge in [0.25, 0.3) is 0 Å². The number of hydrogen-bond acceptors (Lipinski definition) is 2. The minimum Gasteiger partial charge on any atom is -0.340 e. The first-order valence-electron chi connectivity index (χ1n) is 6.77. The number of nitrogens with one attached hydrogen (secondary N) is 1. The van der Waals surface area contributed by atoms with Crippen LogP contribution in [0.2, 0.25) is 0 Å². The molecule has 3 heteroatoms. The first kappa shape index (κ1) is 13.1. The zero-order chi connectivity index (χ0) is 13.0. The first-order valence-corrected chi connectivity index (χ1v) is 6.77. The number of hydrogen-bond donors (Lipinski definition) is 1. The summed E-state index contributed by atoms with van der Waals surface area (Å²) in [5.41, 5.74) is 2.53. The van der Waals surface area contributed by atoms with E-state index in [2.05, 4.69) is 36.5 Å². The molecule has 1 N–H and O–H groups in total. The standard InChI is InChI=1S/C15H22N2O/c1-3-12-6-8-13(9-7-12)11-17(2)15(18)14-5-4-10-16-14/h6-9,14,16H,3-5,10-11H2,1-2H3. The second-order valence-corrected chi connectivity index (χ2v) is 5.01. The second-order valence-electron chi connectivity index (χ2n) is 5.01. The van der Waals surface area contributed by atoms with E-state index in [0.29, 0.717) is 6.54 Å². The molecule has 2 rings (SSSR count). The third-order valence-electron chi connectivity index (χ3n) is 3.59. The van der Waals surface area contributed by atoms with Gasteiger partial charge in [-0.25, -0.2) is 0 Å². The Labute approximate surface area is 109 Å². The molecule has 1 unspecified atom stereocenters. The molecule has 3 nitrogen and oxygen atoms in total. The highest BCUT2D eigenvalue weighted by Crippen LogP contribution is 2.11. The Hall–Kier alpha value is -1.35. The summed E-state index contributed by atoms with van der Waals surface area (Å²) < 4.78 is 0. The van der Waals surface area contributed by atoms with Crippen LogP contribution in [-0.4, -0.2) is 30.4 Å². The largest absolute Gasteiger partial charge is 0.340 e. The average Bonchev–Trinajstić information content (AvgIpc) is 2.92. The van der Waals surface area contributed by atoms with E-state index in [0.717, 1.165) is 25.8 Å². The van der Waals surface area contributed by atoms with Crippen molar-refractivity contribution in [1.29, 1.82) is 0 Å². The van der Waals surface area contributed by atoms with Crippen molar-refractivity contribution in [3.63, 3.8) is 0 Å². The molecule has 0 aliphatic carbocycles. The van der Waals surface area contributed by atoms with Crippen molar-refractivity contribution in [1.82, 2.24) is 10.2 Å². The fourth-order valence-corrected chi connectivity index (χ4v) is 2.39. The van der Waals surface area contributed by atoms with E-state index in [-0.39, 0.29) is 11.9 Å². The van der Waals surface area contributed by atoms with Crippen LogP contribution in [0.4, 0.5) is 0 Å². The molecule has 18 heavy (non-hydrogen) atoms. The minimum atomic E-state index is 0.0323. The van der Waals surface area contributed by atoms with E-state index < -0.39 is 0 Å². The molecule has 0 aromatic heterocycles. The van der Waals surface area contributed by atoms with Crippen LogP contribution in [0.1, 0.15) is 30.9 Å². The Morgan fingerprint density at radius 2 is 2.00 bits per heavy atom. The molecule has 1 heterocycles. The summed E-state index contributed by atoms with van der Waals surface area (Å²) in [5, 5.41) is 3.25. The highest BCUT2D eigenvalue weighted by molar-refractivity contribution is 5.81. The van der Waals surface area contributed by atoms with Gasteiger partial charge in [-0.2, -0.15) is 0 Å². The summed E-state index contributed by atoms with van der Waals surface area (Å²) in [4.78, 5) is 14.0. The van der Waals surface area contributed by atoms with E-state index in [4.69, 9.17) is 0 Å². The second kappa shape index (κ2) is 6.01. The molecule has 0 saturated carbocycles. The Bertz CT molecular complexity index is 393. The van der Waals surface area contributed by atoms with Crippen LogP contribution in [0.15, 0.2) is 24.3 Å². The maximum absolute atomic E-state index is 12.1. The monoisotopic (exact) mass is 246 g/mol. The number of benzene rings is 1. The lowest BCUT2D eigenvalue weighted by Gasteiger charge is -2.21. The van der Waals surface area contributed by atoms with E-state index in [1.165, 1.54) is 11.1 Å². The van der Waals surface area contributed by atoms with Gasteiger partial charge >= 0.3 is 0 Å². The van der Waals surface area contributed by atoms with Crippen LogP contribution in [0.25, 0.3) is 0 Å². The van der Waals surface area contributed by atoms with E-state index in [1.807, 2.05) is 11.9 Å². The molecular formula is C15H22N2O. The van der Waals surface area contributed by atoms with Crippen LogP contribution in [0.5, 0.6) is 0 Å². The zero-order valence-electron chi connectivity index (χ0n) is 11.3. The molecule has 1 aromatic rings. The van der Waals surface area contributed by atoms with Crippen LogP contribution in [-0.2, 0) is 17.8 Å². The molecule has 1 aliphatic heterocycles. The number of rotatable bonds is 4. The molecule has 1 aliphatic rings. The Morgan fingerprint density at radius 1 is 1.33 bits per heavy atom. The SMILES string of the molecule is CCc1ccc(CN(C)C(=O)C2CCCN2)cc1. The van der Waals surface area contributed by atoms with Crippen molar-refractivity contribution in [2.45, 2.75) is 38.8 Å². The molecule has 1 aromatic carbocycles. The molecule has 0 radical (unpaired) electrons. The third kappa shape index (κ3) is 3.10. The van der Waals surface area contributed by atoms with E-state index in [1.54, 1.807) is 0 Å². The van der Waals surface area contributed by atoms with Crippen molar-refractivity contribution in [3.05, 3.63) is 35.4 Å². The van der Waals surface area contributed by atoms with E-state index in [9.17, 15) is 4.79 Å². The van der Waals surface area contributed by atoms with Crippen molar-refractivity contribution in [2.75, 3.05) is 13.6 Å². The van der Waals surface area contributed by atoms with Gasteiger partial charge in [0.05, 0.1) is 6.04 Å². The average molecular weight is 246 g/mol. The summed E-state index contributed by atoms with van der Waals surface area (Å²) in [6.07, 6.45) is 3.13. The van der Waals surface area contributed by atoms with Gasteiger partial charge in [0.1, 0.15) is 0 Å². The minimum absolute atomic E-state index is 0.0323. The molecule has 1 amide bonds. The highest BCUT2D eigenvalue weighted by atomic mass is 16.2. The van der Waals surface area contributed by atoms with Gasteiger partial charge in [-0.15, -0.1) is 0 Å². The number of nitrogens with zero attached hydrogens (tertiary/aromatic N) is 1. The fraction of sp³-hybridized carbons (Fsp3) is 0.533. The number of carbonyl (C=O) groups excluding carboxylic acids is 1. The highest BCUT2D eigenvalue weighted by Gasteiger charge is 2.24. The van der Waals surface area contributed by atoms with Gasteiger partial charge in [0.2, 0.25) is 5.91 Å². The van der Waals surface area contributed by atoms with Crippen LogP contribution in [0.3, 0.4) is 0 Å². The quantitative estimate of drug-likeness (QED) is 0.881. The summed E-state index contributed by atoms with van der Waals surface area (Å²) in [6.45, 7) is 3.81. The first-order chi connectivity index (χ1) is 8.70. The van der Waals surface area contributed by atoms with Crippen LogP contribution in [0, 0.1) is 0 Å². The molecular weight excluding hydrogens is 224 g/mol. The van der Waals surface area contributed by atoms with Crippen LogP contribution >= 0.6 is 0 Å². The lowest BCUT2D eigenvalue weighted by atomic mass is 10.1. The molecule has 1 fully saturated rings. The summed E-state index contributed by atoms with van der Waals surface area (Å²) in [7, 11) is 1.88. The topological polar surface area (TPSA) is 32.3 Å². The molecule has 1 atom stereocenters. The van der Waals surface area contributed by atoms with Crippen molar-refractivity contribution >= 4 is 5.91 Å². The molecule has 1 saturated heterocycles. The van der Waals surface area contributed by atoms with Crippen molar-refractivity contribution < 1.29 is 4.79 Å². The Morgan fingerprint density at radius 3 is 2.56 bits per heavy atom.